The number of pyridine rings is 1. The van der Waals surface area contributed by atoms with Crippen LogP contribution in [-0.4, -0.2) is 10.9 Å². The fourth-order valence-electron chi connectivity index (χ4n) is 2.01. The van der Waals surface area contributed by atoms with Gasteiger partial charge in [0.1, 0.15) is 11.6 Å². The quantitative estimate of drug-likeness (QED) is 0.684. The predicted molar refractivity (Wildman–Crippen MR) is 92.8 cm³/mol. The molecule has 0 fully saturated rings. The third-order valence-electron chi connectivity index (χ3n) is 3.14. The van der Waals surface area contributed by atoms with Crippen LogP contribution in [0.2, 0.25) is 0 Å². The predicted octanol–water partition coefficient (Wildman–Crippen LogP) is 5.03. The van der Waals surface area contributed by atoms with E-state index in [-0.39, 0.29) is 5.69 Å². The zero-order valence-electron chi connectivity index (χ0n) is 12.4. The summed E-state index contributed by atoms with van der Waals surface area (Å²) in [7, 11) is 0. The van der Waals surface area contributed by atoms with Gasteiger partial charge in [-0.15, -0.1) is 0 Å². The number of hydrogen-bond acceptors (Lipinski definition) is 3. The van der Waals surface area contributed by atoms with Gasteiger partial charge < -0.3 is 10.1 Å². The van der Waals surface area contributed by atoms with Crippen molar-refractivity contribution >= 4 is 27.5 Å². The summed E-state index contributed by atoms with van der Waals surface area (Å²) in [5, 5.41) is 2.54. The van der Waals surface area contributed by atoms with Crippen molar-refractivity contribution in [3.8, 4) is 11.6 Å². The van der Waals surface area contributed by atoms with Crippen molar-refractivity contribution in [1.82, 2.24) is 4.98 Å². The molecule has 0 aliphatic carbocycles. The Kier molecular flexibility index (Phi) is 4.86. The summed E-state index contributed by atoms with van der Waals surface area (Å²) in [5.74, 6) is -0.0482. The van der Waals surface area contributed by atoms with Crippen molar-refractivity contribution < 1.29 is 13.9 Å². The zero-order chi connectivity index (χ0) is 16.9. The van der Waals surface area contributed by atoms with Crippen LogP contribution < -0.4 is 10.1 Å². The molecule has 0 unspecified atom stereocenters. The van der Waals surface area contributed by atoms with Crippen LogP contribution in [-0.2, 0) is 0 Å². The van der Waals surface area contributed by atoms with Gasteiger partial charge in [0.15, 0.2) is 0 Å². The number of rotatable bonds is 4. The zero-order valence-corrected chi connectivity index (χ0v) is 14.0. The first-order valence-corrected chi connectivity index (χ1v) is 7.86. The van der Waals surface area contributed by atoms with E-state index in [1.165, 1.54) is 12.1 Å². The smallest absolute Gasteiger partial charge is 0.255 e. The van der Waals surface area contributed by atoms with E-state index in [2.05, 4.69) is 26.2 Å². The Bertz CT molecular complexity index is 872. The first-order valence-electron chi connectivity index (χ1n) is 7.07. The van der Waals surface area contributed by atoms with Crippen LogP contribution in [0, 0.1) is 5.82 Å². The third kappa shape index (κ3) is 3.97. The van der Waals surface area contributed by atoms with Crippen molar-refractivity contribution in [2.24, 2.45) is 0 Å². The highest BCUT2D eigenvalue weighted by atomic mass is 79.9. The maximum Gasteiger partial charge on any atom is 0.255 e. The molecule has 3 rings (SSSR count). The van der Waals surface area contributed by atoms with Gasteiger partial charge in [-0.1, -0.05) is 28.1 Å². The average molecular weight is 387 g/mol. The number of aromatic nitrogens is 1. The van der Waals surface area contributed by atoms with Crippen LogP contribution in [0.4, 0.5) is 10.1 Å². The number of ether oxygens (including phenoxy) is 1. The minimum Gasteiger partial charge on any atom is -0.439 e. The largest absolute Gasteiger partial charge is 0.439 e. The van der Waals surface area contributed by atoms with Crippen molar-refractivity contribution in [2.75, 3.05) is 5.32 Å². The molecule has 0 saturated carbocycles. The lowest BCUT2D eigenvalue weighted by Crippen LogP contribution is -2.13. The van der Waals surface area contributed by atoms with Gasteiger partial charge in [-0.25, -0.2) is 9.37 Å². The summed E-state index contributed by atoms with van der Waals surface area (Å²) in [6, 6.07) is 16.3. The van der Waals surface area contributed by atoms with Gasteiger partial charge in [-0.3, -0.25) is 4.79 Å². The number of carbonyl (C=O) groups is 1. The number of benzene rings is 2. The Balaban J connectivity index is 1.77. The van der Waals surface area contributed by atoms with Crippen LogP contribution in [0.25, 0.3) is 0 Å². The molecule has 0 bridgehead atoms. The molecule has 1 amide bonds. The van der Waals surface area contributed by atoms with Gasteiger partial charge in [-0.05, 0) is 42.5 Å². The highest BCUT2D eigenvalue weighted by molar-refractivity contribution is 9.10. The highest BCUT2D eigenvalue weighted by Crippen LogP contribution is 2.22. The lowest BCUT2D eigenvalue weighted by Gasteiger charge is -2.09. The maximum absolute atomic E-state index is 13.8. The monoisotopic (exact) mass is 386 g/mol. The molecule has 4 nitrogen and oxygen atoms in total. The Morgan fingerprint density at radius 1 is 1.08 bits per heavy atom. The van der Waals surface area contributed by atoms with Crippen molar-refractivity contribution in [3.05, 3.63) is 82.7 Å². The summed E-state index contributed by atoms with van der Waals surface area (Å²) in [4.78, 5) is 16.4. The number of anilines is 1. The second-order valence-corrected chi connectivity index (χ2v) is 5.79. The second kappa shape index (κ2) is 7.23. The van der Waals surface area contributed by atoms with Gasteiger partial charge in [0.05, 0.1) is 5.69 Å². The van der Waals surface area contributed by atoms with Crippen LogP contribution in [0.5, 0.6) is 11.6 Å². The molecule has 1 N–H and O–H groups in total. The Morgan fingerprint density at radius 3 is 2.71 bits per heavy atom. The van der Waals surface area contributed by atoms with Crippen molar-refractivity contribution in [1.29, 1.82) is 0 Å². The molecule has 0 aliphatic rings. The number of carbonyl (C=O) groups excluding carboxylic acids is 1. The van der Waals surface area contributed by atoms with Crippen LogP contribution in [0.15, 0.2) is 71.3 Å². The molecule has 1 heterocycles. The second-order valence-electron chi connectivity index (χ2n) is 4.88. The molecule has 0 saturated heterocycles. The Morgan fingerprint density at radius 2 is 1.96 bits per heavy atom. The molecule has 3 aromatic rings. The van der Waals surface area contributed by atoms with E-state index in [1.807, 2.05) is 0 Å². The summed E-state index contributed by atoms with van der Waals surface area (Å²) < 4.78 is 20.0. The number of amides is 1. The maximum atomic E-state index is 13.8. The summed E-state index contributed by atoms with van der Waals surface area (Å²) in [6.45, 7) is 0. The van der Waals surface area contributed by atoms with Gasteiger partial charge in [-0.2, -0.15) is 0 Å². The molecule has 2 aromatic carbocycles. The topological polar surface area (TPSA) is 51.2 Å². The van der Waals surface area contributed by atoms with E-state index in [4.69, 9.17) is 4.74 Å². The number of halogens is 2. The molecule has 120 valence electrons. The van der Waals surface area contributed by atoms with Crippen molar-refractivity contribution in [2.45, 2.75) is 0 Å². The molecule has 0 radical (unpaired) electrons. The van der Waals surface area contributed by atoms with Crippen molar-refractivity contribution in [3.63, 3.8) is 0 Å². The first-order chi connectivity index (χ1) is 11.6. The molecule has 24 heavy (non-hydrogen) atoms. The molecule has 1 aromatic heterocycles. The lowest BCUT2D eigenvalue weighted by atomic mass is 10.2. The van der Waals surface area contributed by atoms with E-state index in [0.29, 0.717) is 21.7 Å². The van der Waals surface area contributed by atoms with Crippen LogP contribution >= 0.6 is 15.9 Å². The van der Waals surface area contributed by atoms with Gasteiger partial charge in [0.25, 0.3) is 5.91 Å². The van der Waals surface area contributed by atoms with Crippen LogP contribution in [0.3, 0.4) is 0 Å². The number of nitrogens with one attached hydrogen (secondary N) is 1. The minimum atomic E-state index is -0.515. The van der Waals surface area contributed by atoms with Crippen LogP contribution in [0.1, 0.15) is 10.4 Å². The van der Waals surface area contributed by atoms with E-state index in [1.54, 1.807) is 54.7 Å². The minimum absolute atomic E-state index is 0.110. The normalized spacial score (nSPS) is 10.2. The number of nitrogens with zero attached hydrogens (tertiary/aromatic N) is 1. The standard InChI is InChI=1S/C18H12BrFN2O2/c19-13-7-8-16(15(20)11-13)22-18(23)12-4-3-5-14(10-12)24-17-6-1-2-9-21-17/h1-11H,(H,22,23). The summed E-state index contributed by atoms with van der Waals surface area (Å²) in [5.41, 5.74) is 0.463. The van der Waals surface area contributed by atoms with Gasteiger partial charge in [0, 0.05) is 22.3 Å². The lowest BCUT2D eigenvalue weighted by molar-refractivity contribution is 0.102. The molecule has 0 aliphatic heterocycles. The van der Waals surface area contributed by atoms with Gasteiger partial charge >= 0.3 is 0 Å². The summed E-state index contributed by atoms with van der Waals surface area (Å²) in [6.07, 6.45) is 1.61. The Hall–Kier alpha value is -2.73. The van der Waals surface area contributed by atoms with E-state index >= 15 is 0 Å². The fourth-order valence-corrected chi connectivity index (χ4v) is 2.35. The summed E-state index contributed by atoms with van der Waals surface area (Å²) >= 11 is 3.17. The van der Waals surface area contributed by atoms with E-state index in [9.17, 15) is 9.18 Å². The average Bonchev–Trinajstić information content (AvgIpc) is 2.58. The highest BCUT2D eigenvalue weighted by Gasteiger charge is 2.11. The van der Waals surface area contributed by atoms with E-state index < -0.39 is 11.7 Å². The van der Waals surface area contributed by atoms with Gasteiger partial charge in [0.2, 0.25) is 5.88 Å². The third-order valence-corrected chi connectivity index (χ3v) is 3.63. The Labute approximate surface area is 146 Å². The van der Waals surface area contributed by atoms with E-state index in [0.717, 1.165) is 0 Å². The molecule has 0 atom stereocenters. The molecule has 0 spiro atoms. The SMILES string of the molecule is O=C(Nc1ccc(Br)cc1F)c1cccc(Oc2ccccn2)c1. The molecule has 6 heteroatoms. The molecular formula is C18H12BrFN2O2. The first kappa shape index (κ1) is 16.1. The fraction of sp³-hybridized carbons (Fsp3) is 0. The number of hydrogen-bond donors (Lipinski definition) is 1. The molecular weight excluding hydrogens is 375 g/mol.